The van der Waals surface area contributed by atoms with Crippen molar-refractivity contribution in [3.63, 3.8) is 0 Å². The van der Waals surface area contributed by atoms with Crippen LogP contribution in [0, 0.1) is 0 Å². The minimum atomic E-state index is 0.793. The number of hydrogen-bond acceptors (Lipinski definition) is 5. The van der Waals surface area contributed by atoms with Crippen molar-refractivity contribution >= 4 is 11.3 Å². The molecule has 0 unspecified atom stereocenters. The van der Waals surface area contributed by atoms with Crippen LogP contribution < -0.4 is 5.32 Å². The Morgan fingerprint density at radius 1 is 1.36 bits per heavy atom. The van der Waals surface area contributed by atoms with Gasteiger partial charge in [0, 0.05) is 26.2 Å². The molecule has 0 aliphatic heterocycles. The first-order valence-electron chi connectivity index (χ1n) is 4.90. The van der Waals surface area contributed by atoms with Crippen LogP contribution in [0.15, 0.2) is 0 Å². The number of aryl methyl sites for hydroxylation is 1. The summed E-state index contributed by atoms with van der Waals surface area (Å²) in [6, 6.07) is 0. The molecular formula is C9H17N3OS. The third kappa shape index (κ3) is 4.13. The van der Waals surface area contributed by atoms with Crippen molar-refractivity contribution in [1.29, 1.82) is 0 Å². The minimum Gasteiger partial charge on any atom is -0.382 e. The maximum atomic E-state index is 5.25. The molecule has 0 aliphatic carbocycles. The van der Waals surface area contributed by atoms with Crippen LogP contribution in [0.5, 0.6) is 0 Å². The predicted molar refractivity (Wildman–Crippen MR) is 57.5 cm³/mol. The fraction of sp³-hybridized carbons (Fsp3) is 0.778. The van der Waals surface area contributed by atoms with Crippen molar-refractivity contribution in [1.82, 2.24) is 15.5 Å². The Hall–Kier alpha value is -0.520. The number of nitrogens with zero attached hydrogens (tertiary/aromatic N) is 2. The molecule has 0 atom stereocenters. The van der Waals surface area contributed by atoms with Gasteiger partial charge in [0.25, 0.3) is 0 Å². The number of ether oxygens (including phenoxy) is 1. The topological polar surface area (TPSA) is 47.0 Å². The van der Waals surface area contributed by atoms with Crippen LogP contribution in [-0.2, 0) is 17.7 Å². The van der Waals surface area contributed by atoms with Crippen molar-refractivity contribution in [3.05, 3.63) is 10.0 Å². The van der Waals surface area contributed by atoms with Gasteiger partial charge in [-0.3, -0.25) is 0 Å². The summed E-state index contributed by atoms with van der Waals surface area (Å²) in [6.45, 7) is 4.43. The lowest BCUT2D eigenvalue weighted by atomic mass is 10.3. The molecule has 0 amide bonds. The molecule has 0 spiro atoms. The second kappa shape index (κ2) is 6.86. The molecule has 1 heterocycles. The van der Waals surface area contributed by atoms with E-state index in [4.69, 9.17) is 4.74 Å². The van der Waals surface area contributed by atoms with E-state index in [-0.39, 0.29) is 0 Å². The molecule has 0 saturated heterocycles. The first-order valence-corrected chi connectivity index (χ1v) is 5.72. The third-order valence-corrected chi connectivity index (χ3v) is 2.70. The highest BCUT2D eigenvalue weighted by molar-refractivity contribution is 7.11. The molecule has 0 radical (unpaired) electrons. The summed E-state index contributed by atoms with van der Waals surface area (Å²) in [5, 5.41) is 13.4. The molecule has 80 valence electrons. The standard InChI is InChI=1S/C9H17N3OS/c1-3-13-6-4-5-8-11-12-9(14-8)7-10-2/h10H,3-7H2,1-2H3. The lowest BCUT2D eigenvalue weighted by molar-refractivity contribution is 0.145. The van der Waals surface area contributed by atoms with E-state index in [0.717, 1.165) is 42.6 Å². The highest BCUT2D eigenvalue weighted by Gasteiger charge is 2.02. The van der Waals surface area contributed by atoms with Gasteiger partial charge in [-0.15, -0.1) is 21.5 Å². The van der Waals surface area contributed by atoms with Gasteiger partial charge in [0.15, 0.2) is 0 Å². The zero-order valence-electron chi connectivity index (χ0n) is 8.75. The Labute approximate surface area is 88.7 Å². The van der Waals surface area contributed by atoms with Crippen LogP contribution in [-0.4, -0.2) is 30.5 Å². The minimum absolute atomic E-state index is 0.793. The first-order chi connectivity index (χ1) is 6.86. The number of nitrogens with one attached hydrogen (secondary N) is 1. The summed E-state index contributed by atoms with van der Waals surface area (Å²) in [6.07, 6.45) is 2.00. The van der Waals surface area contributed by atoms with Crippen molar-refractivity contribution in [2.45, 2.75) is 26.3 Å². The summed E-state index contributed by atoms with van der Waals surface area (Å²) < 4.78 is 5.25. The Bertz CT molecular complexity index is 252. The molecule has 0 aliphatic rings. The normalized spacial score (nSPS) is 10.7. The van der Waals surface area contributed by atoms with Crippen LogP contribution in [0.4, 0.5) is 0 Å². The largest absolute Gasteiger partial charge is 0.382 e. The Morgan fingerprint density at radius 2 is 2.14 bits per heavy atom. The van der Waals surface area contributed by atoms with E-state index in [1.54, 1.807) is 11.3 Å². The van der Waals surface area contributed by atoms with Gasteiger partial charge in [0.05, 0.1) is 0 Å². The summed E-state index contributed by atoms with van der Waals surface area (Å²) in [5.41, 5.74) is 0. The van der Waals surface area contributed by atoms with Crippen LogP contribution in [0.1, 0.15) is 23.4 Å². The van der Waals surface area contributed by atoms with Crippen LogP contribution in [0.3, 0.4) is 0 Å². The molecule has 1 aromatic rings. The zero-order valence-corrected chi connectivity index (χ0v) is 9.56. The molecule has 1 rings (SSSR count). The van der Waals surface area contributed by atoms with Crippen molar-refractivity contribution in [2.24, 2.45) is 0 Å². The Morgan fingerprint density at radius 3 is 2.86 bits per heavy atom. The van der Waals surface area contributed by atoms with E-state index in [0.29, 0.717) is 0 Å². The summed E-state index contributed by atoms with van der Waals surface area (Å²) in [7, 11) is 1.91. The lowest BCUT2D eigenvalue weighted by Gasteiger charge is -1.97. The van der Waals surface area contributed by atoms with E-state index >= 15 is 0 Å². The molecule has 0 bridgehead atoms. The summed E-state index contributed by atoms with van der Waals surface area (Å²) in [5.74, 6) is 0. The Kier molecular flexibility index (Phi) is 5.66. The van der Waals surface area contributed by atoms with Gasteiger partial charge in [0.1, 0.15) is 10.0 Å². The number of hydrogen-bond donors (Lipinski definition) is 1. The molecule has 1 aromatic heterocycles. The molecule has 5 heteroatoms. The van der Waals surface area contributed by atoms with Gasteiger partial charge < -0.3 is 10.1 Å². The zero-order chi connectivity index (χ0) is 10.2. The molecule has 0 saturated carbocycles. The highest BCUT2D eigenvalue weighted by Crippen LogP contribution is 2.11. The van der Waals surface area contributed by atoms with E-state index in [1.807, 2.05) is 14.0 Å². The van der Waals surface area contributed by atoms with Gasteiger partial charge in [0.2, 0.25) is 0 Å². The van der Waals surface area contributed by atoms with Gasteiger partial charge in [-0.25, -0.2) is 0 Å². The molecule has 0 fully saturated rings. The monoisotopic (exact) mass is 215 g/mol. The first kappa shape index (κ1) is 11.6. The average molecular weight is 215 g/mol. The van der Waals surface area contributed by atoms with Gasteiger partial charge in [-0.2, -0.15) is 0 Å². The number of aromatic nitrogens is 2. The quantitative estimate of drug-likeness (QED) is 0.695. The second-order valence-corrected chi connectivity index (χ2v) is 4.07. The summed E-state index contributed by atoms with van der Waals surface area (Å²) >= 11 is 1.68. The molecular weight excluding hydrogens is 198 g/mol. The Balaban J connectivity index is 2.22. The average Bonchev–Trinajstić information content (AvgIpc) is 2.61. The van der Waals surface area contributed by atoms with E-state index in [9.17, 15) is 0 Å². The van der Waals surface area contributed by atoms with Crippen molar-refractivity contribution in [2.75, 3.05) is 20.3 Å². The van der Waals surface area contributed by atoms with Gasteiger partial charge >= 0.3 is 0 Å². The third-order valence-electron chi connectivity index (χ3n) is 1.72. The number of rotatable bonds is 7. The second-order valence-electron chi connectivity index (χ2n) is 2.92. The maximum absolute atomic E-state index is 5.25. The van der Waals surface area contributed by atoms with Gasteiger partial charge in [-0.1, -0.05) is 0 Å². The van der Waals surface area contributed by atoms with E-state index in [1.165, 1.54) is 0 Å². The lowest BCUT2D eigenvalue weighted by Crippen LogP contribution is -2.04. The maximum Gasteiger partial charge on any atom is 0.131 e. The van der Waals surface area contributed by atoms with Crippen LogP contribution in [0.25, 0.3) is 0 Å². The predicted octanol–water partition coefficient (Wildman–Crippen LogP) is 1.23. The van der Waals surface area contributed by atoms with E-state index < -0.39 is 0 Å². The van der Waals surface area contributed by atoms with Crippen LogP contribution in [0.2, 0.25) is 0 Å². The molecule has 1 N–H and O–H groups in total. The van der Waals surface area contributed by atoms with Crippen molar-refractivity contribution < 1.29 is 4.74 Å². The van der Waals surface area contributed by atoms with Gasteiger partial charge in [-0.05, 0) is 20.4 Å². The summed E-state index contributed by atoms with van der Waals surface area (Å²) in [4.78, 5) is 0. The fourth-order valence-electron chi connectivity index (χ4n) is 1.08. The molecule has 14 heavy (non-hydrogen) atoms. The molecule has 0 aromatic carbocycles. The smallest absolute Gasteiger partial charge is 0.131 e. The molecule has 4 nitrogen and oxygen atoms in total. The van der Waals surface area contributed by atoms with E-state index in [2.05, 4.69) is 15.5 Å². The highest BCUT2D eigenvalue weighted by atomic mass is 32.1. The fourth-order valence-corrected chi connectivity index (χ4v) is 1.98. The SMILES string of the molecule is CCOCCCc1nnc(CNC)s1. The van der Waals surface area contributed by atoms with Crippen LogP contribution >= 0.6 is 11.3 Å². The van der Waals surface area contributed by atoms with Crippen molar-refractivity contribution in [3.8, 4) is 0 Å².